The Bertz CT molecular complexity index is 346. The van der Waals surface area contributed by atoms with Gasteiger partial charge < -0.3 is 16.0 Å². The van der Waals surface area contributed by atoms with Gasteiger partial charge in [0, 0.05) is 19.6 Å². The summed E-state index contributed by atoms with van der Waals surface area (Å²) >= 11 is 0. The van der Waals surface area contributed by atoms with Crippen molar-refractivity contribution in [2.24, 2.45) is 0 Å². The first-order valence-corrected chi connectivity index (χ1v) is 5.18. The molecule has 5 nitrogen and oxygen atoms in total. The Kier molecular flexibility index (Phi) is 2.83. The lowest BCUT2D eigenvalue weighted by atomic mass is 10.0. The third-order valence-corrected chi connectivity index (χ3v) is 2.70. The minimum Gasteiger partial charge on any atom is -0.368 e. The van der Waals surface area contributed by atoms with Gasteiger partial charge in [-0.3, -0.25) is 0 Å². The minimum atomic E-state index is 0.384. The maximum absolute atomic E-state index is 5.69. The van der Waals surface area contributed by atoms with Crippen LogP contribution in [0.5, 0.6) is 0 Å². The number of rotatable bonds is 2. The number of anilines is 1. The second-order valence-electron chi connectivity index (χ2n) is 3.97. The second-order valence-corrected chi connectivity index (χ2v) is 3.97. The molecule has 0 amide bonds. The van der Waals surface area contributed by atoms with Crippen LogP contribution in [0.25, 0.3) is 0 Å². The zero-order valence-electron chi connectivity index (χ0n) is 9.25. The molecule has 0 aromatic carbocycles. The summed E-state index contributed by atoms with van der Waals surface area (Å²) in [5, 5.41) is 3.11. The van der Waals surface area contributed by atoms with Crippen LogP contribution in [0.4, 0.5) is 5.95 Å². The van der Waals surface area contributed by atoms with E-state index in [1.54, 1.807) is 0 Å². The molecule has 5 heteroatoms. The van der Waals surface area contributed by atoms with E-state index >= 15 is 0 Å². The standard InChI is InChI=1S/C10H17N5/c1-12-5-8-7-3-4-15(2)6-9(7)14-10(11)13-8/h12H,3-6H2,1-2H3,(H2,11,13,14). The van der Waals surface area contributed by atoms with E-state index in [-0.39, 0.29) is 0 Å². The van der Waals surface area contributed by atoms with Crippen LogP contribution in [0.2, 0.25) is 0 Å². The Morgan fingerprint density at radius 2 is 2.27 bits per heavy atom. The Morgan fingerprint density at radius 3 is 3.00 bits per heavy atom. The number of nitrogens with two attached hydrogens (primary N) is 1. The molecule has 1 aliphatic rings. The molecule has 2 rings (SSSR count). The lowest BCUT2D eigenvalue weighted by molar-refractivity contribution is 0.306. The van der Waals surface area contributed by atoms with Crippen molar-refractivity contribution in [3.05, 3.63) is 17.0 Å². The van der Waals surface area contributed by atoms with E-state index in [0.29, 0.717) is 5.95 Å². The highest BCUT2D eigenvalue weighted by Crippen LogP contribution is 2.19. The fourth-order valence-electron chi connectivity index (χ4n) is 1.97. The molecular weight excluding hydrogens is 190 g/mol. The molecule has 0 atom stereocenters. The first-order chi connectivity index (χ1) is 7.20. The SMILES string of the molecule is CNCc1nc(N)nc2c1CCN(C)C2. The number of nitrogens with zero attached hydrogens (tertiary/aromatic N) is 3. The summed E-state index contributed by atoms with van der Waals surface area (Å²) in [5.74, 6) is 0.384. The van der Waals surface area contributed by atoms with Gasteiger partial charge in [-0.2, -0.15) is 0 Å². The van der Waals surface area contributed by atoms with Crippen LogP contribution in [0.1, 0.15) is 17.0 Å². The zero-order valence-corrected chi connectivity index (χ0v) is 9.25. The molecule has 0 saturated heterocycles. The Hall–Kier alpha value is -1.20. The topological polar surface area (TPSA) is 67.1 Å². The molecule has 3 N–H and O–H groups in total. The first-order valence-electron chi connectivity index (χ1n) is 5.18. The number of aromatic nitrogens is 2. The molecule has 0 unspecified atom stereocenters. The number of hydrogen-bond acceptors (Lipinski definition) is 5. The fourth-order valence-corrected chi connectivity index (χ4v) is 1.97. The molecule has 0 radical (unpaired) electrons. The molecule has 0 aliphatic carbocycles. The molecule has 1 aliphatic heterocycles. The minimum absolute atomic E-state index is 0.384. The largest absolute Gasteiger partial charge is 0.368 e. The van der Waals surface area contributed by atoms with Crippen LogP contribution in [0.15, 0.2) is 0 Å². The van der Waals surface area contributed by atoms with E-state index in [9.17, 15) is 0 Å². The molecule has 1 aromatic heterocycles. The number of fused-ring (bicyclic) bond motifs is 1. The first kappa shape index (κ1) is 10.3. The van der Waals surface area contributed by atoms with Gasteiger partial charge in [-0.15, -0.1) is 0 Å². The van der Waals surface area contributed by atoms with Gasteiger partial charge in [-0.05, 0) is 26.1 Å². The summed E-state index contributed by atoms with van der Waals surface area (Å²) in [6.45, 7) is 2.70. The van der Waals surface area contributed by atoms with E-state index in [1.165, 1.54) is 5.56 Å². The normalized spacial score (nSPS) is 16.4. The predicted molar refractivity (Wildman–Crippen MR) is 59.2 cm³/mol. The molecular formula is C10H17N5. The average Bonchev–Trinajstić information content (AvgIpc) is 2.17. The lowest BCUT2D eigenvalue weighted by Gasteiger charge is -2.25. The highest BCUT2D eigenvalue weighted by atomic mass is 15.1. The van der Waals surface area contributed by atoms with E-state index in [1.807, 2.05) is 7.05 Å². The number of nitrogens with one attached hydrogen (secondary N) is 1. The molecule has 82 valence electrons. The summed E-state index contributed by atoms with van der Waals surface area (Å²) in [4.78, 5) is 10.8. The van der Waals surface area contributed by atoms with E-state index in [2.05, 4.69) is 27.2 Å². The van der Waals surface area contributed by atoms with Crippen LogP contribution in [0, 0.1) is 0 Å². The summed E-state index contributed by atoms with van der Waals surface area (Å²) in [5.41, 5.74) is 9.10. The van der Waals surface area contributed by atoms with E-state index < -0.39 is 0 Å². The van der Waals surface area contributed by atoms with Gasteiger partial charge in [0.2, 0.25) is 5.95 Å². The van der Waals surface area contributed by atoms with Crippen molar-refractivity contribution < 1.29 is 0 Å². The maximum atomic E-state index is 5.69. The second kappa shape index (κ2) is 4.12. The van der Waals surface area contributed by atoms with Crippen molar-refractivity contribution in [3.8, 4) is 0 Å². The van der Waals surface area contributed by atoms with Crippen LogP contribution >= 0.6 is 0 Å². The van der Waals surface area contributed by atoms with Gasteiger partial charge in [0.25, 0.3) is 0 Å². The van der Waals surface area contributed by atoms with Gasteiger partial charge in [0.05, 0.1) is 11.4 Å². The van der Waals surface area contributed by atoms with E-state index in [0.717, 1.165) is 37.4 Å². The maximum Gasteiger partial charge on any atom is 0.220 e. The highest BCUT2D eigenvalue weighted by Gasteiger charge is 2.19. The molecule has 0 bridgehead atoms. The van der Waals surface area contributed by atoms with Crippen LogP contribution < -0.4 is 11.1 Å². The van der Waals surface area contributed by atoms with Gasteiger partial charge in [-0.25, -0.2) is 9.97 Å². The molecule has 0 fully saturated rings. The van der Waals surface area contributed by atoms with Gasteiger partial charge in [-0.1, -0.05) is 0 Å². The third-order valence-electron chi connectivity index (χ3n) is 2.70. The Labute approximate surface area is 89.7 Å². The highest BCUT2D eigenvalue weighted by molar-refractivity contribution is 5.33. The Morgan fingerprint density at radius 1 is 1.47 bits per heavy atom. The number of nitrogen functional groups attached to an aromatic ring is 1. The van der Waals surface area contributed by atoms with Crippen molar-refractivity contribution in [3.63, 3.8) is 0 Å². The van der Waals surface area contributed by atoms with Crippen LogP contribution in [-0.2, 0) is 19.5 Å². The smallest absolute Gasteiger partial charge is 0.220 e. The summed E-state index contributed by atoms with van der Waals surface area (Å²) in [6.07, 6.45) is 1.02. The van der Waals surface area contributed by atoms with Gasteiger partial charge in [0.1, 0.15) is 0 Å². The van der Waals surface area contributed by atoms with Crippen molar-refractivity contribution in [1.82, 2.24) is 20.2 Å². The summed E-state index contributed by atoms with van der Waals surface area (Å²) in [6, 6.07) is 0. The van der Waals surface area contributed by atoms with E-state index in [4.69, 9.17) is 5.73 Å². The van der Waals surface area contributed by atoms with Gasteiger partial charge >= 0.3 is 0 Å². The van der Waals surface area contributed by atoms with Crippen molar-refractivity contribution in [1.29, 1.82) is 0 Å². The predicted octanol–water partition coefficient (Wildman–Crippen LogP) is -0.234. The summed E-state index contributed by atoms with van der Waals surface area (Å²) < 4.78 is 0. The Balaban J connectivity index is 2.39. The third kappa shape index (κ3) is 2.08. The van der Waals surface area contributed by atoms with Crippen LogP contribution in [0.3, 0.4) is 0 Å². The average molecular weight is 207 g/mol. The number of hydrogen-bond donors (Lipinski definition) is 2. The molecule has 15 heavy (non-hydrogen) atoms. The van der Waals surface area contributed by atoms with Crippen molar-refractivity contribution in [2.45, 2.75) is 19.5 Å². The van der Waals surface area contributed by atoms with Crippen molar-refractivity contribution in [2.75, 3.05) is 26.4 Å². The summed E-state index contributed by atoms with van der Waals surface area (Å²) in [7, 11) is 4.01. The number of likely N-dealkylation sites (N-methyl/N-ethyl adjacent to an activating group) is 1. The zero-order chi connectivity index (χ0) is 10.8. The van der Waals surface area contributed by atoms with Gasteiger partial charge in [0.15, 0.2) is 0 Å². The fraction of sp³-hybridized carbons (Fsp3) is 0.600. The van der Waals surface area contributed by atoms with Crippen molar-refractivity contribution >= 4 is 5.95 Å². The van der Waals surface area contributed by atoms with Crippen LogP contribution in [-0.4, -0.2) is 35.5 Å². The molecule has 1 aromatic rings. The molecule has 0 spiro atoms. The quantitative estimate of drug-likeness (QED) is 0.701. The lowest BCUT2D eigenvalue weighted by Crippen LogP contribution is -2.30. The molecule has 0 saturated carbocycles. The monoisotopic (exact) mass is 207 g/mol. The molecule has 2 heterocycles.